The van der Waals surface area contributed by atoms with Crippen LogP contribution in [0.25, 0.3) is 0 Å². The predicted octanol–water partition coefficient (Wildman–Crippen LogP) is 1.61. The Morgan fingerprint density at radius 3 is 3.23 bits per heavy atom. The van der Waals surface area contributed by atoms with Crippen molar-refractivity contribution in [3.05, 3.63) is 23.8 Å². The molecule has 0 aliphatic carbocycles. The number of hydrogen-bond donors (Lipinski definition) is 1. The summed E-state index contributed by atoms with van der Waals surface area (Å²) in [7, 11) is 0. The van der Waals surface area contributed by atoms with E-state index in [1.54, 1.807) is 12.1 Å². The van der Waals surface area contributed by atoms with Gasteiger partial charge in [-0.2, -0.15) is 0 Å². The maximum absolute atomic E-state index is 9.64. The Labute approximate surface area is 75.9 Å². The lowest BCUT2D eigenvalue weighted by Gasteiger charge is -2.06. The zero-order chi connectivity index (χ0) is 8.84. The Balaban J connectivity index is 2.14. The SMILES string of the molecule is Oc1cccc2c1C1CCOC1O2. The molecule has 1 fully saturated rings. The molecule has 2 heterocycles. The highest BCUT2D eigenvalue weighted by molar-refractivity contribution is 5.49. The average molecular weight is 178 g/mol. The van der Waals surface area contributed by atoms with Crippen molar-refractivity contribution in [1.29, 1.82) is 0 Å². The minimum absolute atomic E-state index is 0.164. The summed E-state index contributed by atoms with van der Waals surface area (Å²) in [6, 6.07) is 5.36. The van der Waals surface area contributed by atoms with Gasteiger partial charge in [-0.05, 0) is 18.6 Å². The lowest BCUT2D eigenvalue weighted by molar-refractivity contribution is -0.0337. The van der Waals surface area contributed by atoms with E-state index in [0.717, 1.165) is 24.3 Å². The number of hydrogen-bond acceptors (Lipinski definition) is 3. The van der Waals surface area contributed by atoms with Crippen LogP contribution in [0.2, 0.25) is 0 Å². The van der Waals surface area contributed by atoms with E-state index in [2.05, 4.69) is 0 Å². The molecule has 1 saturated heterocycles. The predicted molar refractivity (Wildman–Crippen MR) is 45.8 cm³/mol. The van der Waals surface area contributed by atoms with Gasteiger partial charge in [0.2, 0.25) is 6.29 Å². The largest absolute Gasteiger partial charge is 0.508 e. The molecule has 0 bridgehead atoms. The van der Waals surface area contributed by atoms with Crippen molar-refractivity contribution < 1.29 is 14.6 Å². The van der Waals surface area contributed by atoms with Crippen LogP contribution < -0.4 is 4.74 Å². The maximum atomic E-state index is 9.64. The summed E-state index contributed by atoms with van der Waals surface area (Å²) >= 11 is 0. The number of benzene rings is 1. The molecular weight excluding hydrogens is 168 g/mol. The van der Waals surface area contributed by atoms with E-state index in [4.69, 9.17) is 9.47 Å². The number of aromatic hydroxyl groups is 1. The molecule has 0 spiro atoms. The molecule has 1 N–H and O–H groups in total. The van der Waals surface area contributed by atoms with Gasteiger partial charge in [-0.3, -0.25) is 0 Å². The lowest BCUT2D eigenvalue weighted by Crippen LogP contribution is -2.13. The quantitative estimate of drug-likeness (QED) is 0.656. The molecular formula is C10H10O3. The third-order valence-electron chi connectivity index (χ3n) is 2.70. The first kappa shape index (κ1) is 7.21. The molecule has 2 unspecified atom stereocenters. The van der Waals surface area contributed by atoms with E-state index < -0.39 is 0 Å². The lowest BCUT2D eigenvalue weighted by atomic mass is 9.98. The molecule has 3 heteroatoms. The fourth-order valence-corrected chi connectivity index (χ4v) is 2.09. The van der Waals surface area contributed by atoms with E-state index in [1.165, 1.54) is 0 Å². The Hall–Kier alpha value is -1.22. The summed E-state index contributed by atoms with van der Waals surface area (Å²) in [6.07, 6.45) is 0.776. The van der Waals surface area contributed by atoms with Gasteiger partial charge in [0, 0.05) is 5.56 Å². The van der Waals surface area contributed by atoms with Gasteiger partial charge < -0.3 is 14.6 Å². The van der Waals surface area contributed by atoms with Crippen LogP contribution in [0.15, 0.2) is 18.2 Å². The molecule has 0 amide bonds. The summed E-state index contributed by atoms with van der Waals surface area (Å²) in [5.74, 6) is 1.33. The van der Waals surface area contributed by atoms with Gasteiger partial charge in [-0.1, -0.05) is 6.07 Å². The number of phenols is 1. The Morgan fingerprint density at radius 1 is 1.38 bits per heavy atom. The molecule has 1 aromatic rings. The van der Waals surface area contributed by atoms with Gasteiger partial charge in [0.1, 0.15) is 11.5 Å². The van der Waals surface area contributed by atoms with Gasteiger partial charge in [-0.25, -0.2) is 0 Å². The molecule has 2 atom stereocenters. The molecule has 2 aliphatic heterocycles. The smallest absolute Gasteiger partial charge is 0.207 e. The van der Waals surface area contributed by atoms with Gasteiger partial charge in [-0.15, -0.1) is 0 Å². The first-order valence-corrected chi connectivity index (χ1v) is 4.46. The van der Waals surface area contributed by atoms with Crippen LogP contribution in [0.1, 0.15) is 17.9 Å². The monoisotopic (exact) mass is 178 g/mol. The van der Waals surface area contributed by atoms with E-state index in [9.17, 15) is 5.11 Å². The van der Waals surface area contributed by atoms with E-state index in [1.807, 2.05) is 6.07 Å². The van der Waals surface area contributed by atoms with Crippen molar-refractivity contribution in [3.63, 3.8) is 0 Å². The van der Waals surface area contributed by atoms with Crippen LogP contribution in [-0.2, 0) is 4.74 Å². The molecule has 3 nitrogen and oxygen atoms in total. The van der Waals surface area contributed by atoms with Crippen molar-refractivity contribution in [2.45, 2.75) is 18.6 Å². The van der Waals surface area contributed by atoms with E-state index >= 15 is 0 Å². The topological polar surface area (TPSA) is 38.7 Å². The molecule has 13 heavy (non-hydrogen) atoms. The van der Waals surface area contributed by atoms with Crippen molar-refractivity contribution >= 4 is 0 Å². The summed E-state index contributed by atoms with van der Waals surface area (Å²) in [4.78, 5) is 0. The zero-order valence-corrected chi connectivity index (χ0v) is 7.06. The van der Waals surface area contributed by atoms with Crippen LogP contribution in [0, 0.1) is 0 Å². The third kappa shape index (κ3) is 0.877. The maximum Gasteiger partial charge on any atom is 0.207 e. The number of ether oxygens (including phenoxy) is 2. The third-order valence-corrected chi connectivity index (χ3v) is 2.70. The van der Waals surface area contributed by atoms with Crippen molar-refractivity contribution in [1.82, 2.24) is 0 Å². The highest BCUT2D eigenvalue weighted by Crippen LogP contribution is 2.47. The van der Waals surface area contributed by atoms with Gasteiger partial charge in [0.15, 0.2) is 0 Å². The first-order chi connectivity index (χ1) is 6.36. The number of fused-ring (bicyclic) bond motifs is 3. The first-order valence-electron chi connectivity index (χ1n) is 4.46. The molecule has 3 rings (SSSR count). The van der Waals surface area contributed by atoms with E-state index in [0.29, 0.717) is 5.75 Å². The van der Waals surface area contributed by atoms with Crippen molar-refractivity contribution in [2.24, 2.45) is 0 Å². The highest BCUT2D eigenvalue weighted by Gasteiger charge is 2.40. The minimum Gasteiger partial charge on any atom is -0.508 e. The fraction of sp³-hybridized carbons (Fsp3) is 0.400. The second-order valence-electron chi connectivity index (χ2n) is 3.44. The summed E-state index contributed by atoms with van der Waals surface area (Å²) in [5.41, 5.74) is 0.921. The summed E-state index contributed by atoms with van der Waals surface area (Å²) in [5, 5.41) is 9.64. The molecule has 0 aromatic heterocycles. The standard InChI is InChI=1S/C10H10O3/c11-7-2-1-3-8-9(7)6-4-5-12-10(6)13-8/h1-3,6,10-11H,4-5H2. The average Bonchev–Trinajstić information content (AvgIpc) is 2.62. The normalized spacial score (nSPS) is 29.5. The zero-order valence-electron chi connectivity index (χ0n) is 7.06. The molecule has 1 aromatic carbocycles. The highest BCUT2D eigenvalue weighted by atomic mass is 16.7. The minimum atomic E-state index is -0.164. The van der Waals surface area contributed by atoms with Crippen molar-refractivity contribution in [3.8, 4) is 11.5 Å². The second-order valence-corrected chi connectivity index (χ2v) is 3.44. The number of rotatable bonds is 0. The second kappa shape index (κ2) is 2.39. The Bertz CT molecular complexity index is 348. The van der Waals surface area contributed by atoms with Gasteiger partial charge >= 0.3 is 0 Å². The molecule has 2 aliphatic rings. The fourth-order valence-electron chi connectivity index (χ4n) is 2.09. The Kier molecular flexibility index (Phi) is 1.32. The van der Waals surface area contributed by atoms with Gasteiger partial charge in [0.05, 0.1) is 12.5 Å². The van der Waals surface area contributed by atoms with E-state index in [-0.39, 0.29) is 12.2 Å². The summed E-state index contributed by atoms with van der Waals surface area (Å²) in [6.45, 7) is 0.725. The van der Waals surface area contributed by atoms with Crippen LogP contribution in [0.3, 0.4) is 0 Å². The van der Waals surface area contributed by atoms with Crippen LogP contribution in [0.4, 0.5) is 0 Å². The van der Waals surface area contributed by atoms with Crippen LogP contribution in [-0.4, -0.2) is 18.0 Å². The van der Waals surface area contributed by atoms with Crippen LogP contribution in [0.5, 0.6) is 11.5 Å². The van der Waals surface area contributed by atoms with Crippen LogP contribution >= 0.6 is 0 Å². The van der Waals surface area contributed by atoms with Crippen molar-refractivity contribution in [2.75, 3.05) is 6.61 Å². The molecule has 0 radical (unpaired) electrons. The molecule has 0 saturated carbocycles. The van der Waals surface area contributed by atoms with Gasteiger partial charge in [0.25, 0.3) is 0 Å². The Morgan fingerprint density at radius 2 is 2.31 bits per heavy atom. The summed E-state index contributed by atoms with van der Waals surface area (Å²) < 4.78 is 10.9. The molecule has 68 valence electrons. The number of phenolic OH excluding ortho intramolecular Hbond substituents is 1.